The molecule has 1 heterocycles. The number of methoxy groups -OCH3 is 3. The lowest BCUT2D eigenvalue weighted by molar-refractivity contribution is 0.295. The van der Waals surface area contributed by atoms with Crippen molar-refractivity contribution in [1.82, 2.24) is 15.2 Å². The normalized spacial score (nSPS) is 11.7. The molecule has 8 heteroatoms. The van der Waals surface area contributed by atoms with Gasteiger partial charge in [-0.3, -0.25) is 5.10 Å². The van der Waals surface area contributed by atoms with Crippen molar-refractivity contribution in [3.8, 4) is 23.0 Å². The zero-order chi connectivity index (χ0) is 19.2. The Morgan fingerprint density at radius 2 is 1.63 bits per heavy atom. The van der Waals surface area contributed by atoms with Crippen LogP contribution in [0, 0.1) is 0 Å². The summed E-state index contributed by atoms with van der Waals surface area (Å²) in [6.07, 6.45) is 0. The minimum Gasteiger partial charge on any atom is -0.497 e. The highest BCUT2D eigenvalue weighted by Gasteiger charge is 2.17. The summed E-state index contributed by atoms with van der Waals surface area (Å²) >= 11 is 0. The number of aromatic amines is 1. The standard InChI is InChI=1S/C19H22N4O4/c1-24-13-5-7-14(8-6-13)27-11-17-21-19(23-22-17)18(20)12-4-9-15(25-2)16(10-12)26-3/h4-10,18H,11,20H2,1-3H3,(H,21,22,23). The van der Waals surface area contributed by atoms with Gasteiger partial charge in [0.15, 0.2) is 23.1 Å². The average Bonchev–Trinajstić information content (AvgIpc) is 3.20. The van der Waals surface area contributed by atoms with Crippen molar-refractivity contribution in [2.45, 2.75) is 12.6 Å². The molecule has 2 aromatic carbocycles. The van der Waals surface area contributed by atoms with Crippen LogP contribution < -0.4 is 24.7 Å². The van der Waals surface area contributed by atoms with Crippen LogP contribution in [0.25, 0.3) is 0 Å². The first-order chi connectivity index (χ1) is 13.1. The van der Waals surface area contributed by atoms with Gasteiger partial charge in [-0.15, -0.1) is 0 Å². The fourth-order valence-electron chi connectivity index (χ4n) is 2.53. The molecule has 3 aromatic rings. The SMILES string of the molecule is COc1ccc(OCc2nc(C(N)c3ccc(OC)c(OC)c3)n[nH]2)cc1. The molecule has 0 aliphatic heterocycles. The van der Waals surface area contributed by atoms with Crippen LogP contribution in [-0.4, -0.2) is 36.5 Å². The third kappa shape index (κ3) is 4.29. The van der Waals surface area contributed by atoms with E-state index in [4.69, 9.17) is 24.7 Å². The number of aromatic nitrogens is 3. The monoisotopic (exact) mass is 370 g/mol. The van der Waals surface area contributed by atoms with E-state index in [1.165, 1.54) is 0 Å². The molecule has 0 aliphatic rings. The topological polar surface area (TPSA) is 105 Å². The second kappa shape index (κ2) is 8.41. The van der Waals surface area contributed by atoms with Crippen LogP contribution in [0.15, 0.2) is 42.5 Å². The Morgan fingerprint density at radius 3 is 2.30 bits per heavy atom. The highest BCUT2D eigenvalue weighted by molar-refractivity contribution is 5.44. The molecule has 142 valence electrons. The van der Waals surface area contributed by atoms with Crippen LogP contribution in [0.4, 0.5) is 0 Å². The van der Waals surface area contributed by atoms with Crippen molar-refractivity contribution in [2.75, 3.05) is 21.3 Å². The smallest absolute Gasteiger partial charge is 0.172 e. The summed E-state index contributed by atoms with van der Waals surface area (Å²) in [5.41, 5.74) is 7.10. The van der Waals surface area contributed by atoms with Crippen LogP contribution in [0.2, 0.25) is 0 Å². The molecule has 0 bridgehead atoms. The Morgan fingerprint density at radius 1 is 0.926 bits per heavy atom. The van der Waals surface area contributed by atoms with Crippen LogP contribution in [0.1, 0.15) is 23.3 Å². The van der Waals surface area contributed by atoms with Crippen LogP contribution >= 0.6 is 0 Å². The lowest BCUT2D eigenvalue weighted by Crippen LogP contribution is -2.14. The Bertz CT molecular complexity index is 880. The predicted molar refractivity (Wildman–Crippen MR) is 99.3 cm³/mol. The van der Waals surface area contributed by atoms with Crippen LogP contribution in [0.3, 0.4) is 0 Å². The molecule has 1 atom stereocenters. The van der Waals surface area contributed by atoms with Crippen molar-refractivity contribution < 1.29 is 18.9 Å². The van der Waals surface area contributed by atoms with Crippen LogP contribution in [-0.2, 0) is 6.61 Å². The third-order valence-electron chi connectivity index (χ3n) is 4.03. The molecule has 27 heavy (non-hydrogen) atoms. The molecule has 0 spiro atoms. The molecule has 0 radical (unpaired) electrons. The highest BCUT2D eigenvalue weighted by Crippen LogP contribution is 2.30. The Balaban J connectivity index is 1.67. The van der Waals surface area contributed by atoms with E-state index in [0.29, 0.717) is 28.9 Å². The summed E-state index contributed by atoms with van der Waals surface area (Å²) in [5.74, 6) is 3.76. The van der Waals surface area contributed by atoms with Crippen molar-refractivity contribution in [1.29, 1.82) is 0 Å². The maximum atomic E-state index is 6.29. The number of H-pyrrole nitrogens is 1. The summed E-state index contributed by atoms with van der Waals surface area (Å²) in [5, 5.41) is 7.05. The van der Waals surface area contributed by atoms with E-state index in [-0.39, 0.29) is 6.61 Å². The Kier molecular flexibility index (Phi) is 5.77. The van der Waals surface area contributed by atoms with E-state index in [0.717, 1.165) is 11.3 Å². The molecular weight excluding hydrogens is 348 g/mol. The van der Waals surface area contributed by atoms with Crippen molar-refractivity contribution in [3.63, 3.8) is 0 Å². The van der Waals surface area contributed by atoms with Crippen molar-refractivity contribution in [3.05, 3.63) is 59.7 Å². The van der Waals surface area contributed by atoms with Gasteiger partial charge in [-0.05, 0) is 42.0 Å². The molecule has 0 aliphatic carbocycles. The van der Waals surface area contributed by atoms with E-state index >= 15 is 0 Å². The van der Waals surface area contributed by atoms with Gasteiger partial charge in [0.05, 0.1) is 27.4 Å². The first-order valence-corrected chi connectivity index (χ1v) is 8.30. The second-order valence-electron chi connectivity index (χ2n) is 5.70. The van der Waals surface area contributed by atoms with Gasteiger partial charge in [0.2, 0.25) is 0 Å². The van der Waals surface area contributed by atoms with E-state index in [9.17, 15) is 0 Å². The Hall–Kier alpha value is -3.26. The van der Waals surface area contributed by atoms with Gasteiger partial charge in [0, 0.05) is 0 Å². The lowest BCUT2D eigenvalue weighted by atomic mass is 10.1. The molecule has 1 unspecified atom stereocenters. The minimum atomic E-state index is -0.504. The summed E-state index contributed by atoms with van der Waals surface area (Å²) < 4.78 is 21.4. The maximum Gasteiger partial charge on any atom is 0.172 e. The molecule has 8 nitrogen and oxygen atoms in total. The first-order valence-electron chi connectivity index (χ1n) is 8.30. The summed E-state index contributed by atoms with van der Waals surface area (Å²) in [6.45, 7) is 0.248. The number of nitrogens with two attached hydrogens (primary N) is 1. The number of ether oxygens (including phenoxy) is 4. The largest absolute Gasteiger partial charge is 0.497 e. The Labute approximate surface area is 157 Å². The summed E-state index contributed by atoms with van der Waals surface area (Å²) in [7, 11) is 4.78. The summed E-state index contributed by atoms with van der Waals surface area (Å²) in [4.78, 5) is 4.42. The molecule has 1 aromatic heterocycles. The van der Waals surface area contributed by atoms with Crippen molar-refractivity contribution in [2.24, 2.45) is 5.73 Å². The van der Waals surface area contributed by atoms with Gasteiger partial charge in [0.25, 0.3) is 0 Å². The van der Waals surface area contributed by atoms with Gasteiger partial charge >= 0.3 is 0 Å². The molecular formula is C19H22N4O4. The summed E-state index contributed by atoms with van der Waals surface area (Å²) in [6, 6.07) is 12.3. The number of benzene rings is 2. The zero-order valence-electron chi connectivity index (χ0n) is 15.4. The molecule has 3 rings (SSSR count). The van der Waals surface area contributed by atoms with Gasteiger partial charge in [-0.1, -0.05) is 6.07 Å². The fraction of sp³-hybridized carbons (Fsp3) is 0.263. The third-order valence-corrected chi connectivity index (χ3v) is 4.03. The van der Waals surface area contributed by atoms with E-state index in [2.05, 4.69) is 15.2 Å². The highest BCUT2D eigenvalue weighted by atomic mass is 16.5. The average molecular weight is 370 g/mol. The number of nitrogens with zero attached hydrogens (tertiary/aromatic N) is 2. The zero-order valence-corrected chi connectivity index (χ0v) is 15.4. The molecule has 0 saturated heterocycles. The van der Waals surface area contributed by atoms with Gasteiger partial charge in [0.1, 0.15) is 18.1 Å². The van der Waals surface area contributed by atoms with Gasteiger partial charge in [-0.25, -0.2) is 4.98 Å². The molecule has 0 fully saturated rings. The fourth-order valence-corrected chi connectivity index (χ4v) is 2.53. The number of rotatable bonds is 8. The van der Waals surface area contributed by atoms with Crippen LogP contribution in [0.5, 0.6) is 23.0 Å². The van der Waals surface area contributed by atoms with E-state index in [1.54, 1.807) is 27.4 Å². The molecule has 0 saturated carbocycles. The van der Waals surface area contributed by atoms with Gasteiger partial charge < -0.3 is 24.7 Å². The molecule has 0 amide bonds. The van der Waals surface area contributed by atoms with Crippen molar-refractivity contribution >= 4 is 0 Å². The second-order valence-corrected chi connectivity index (χ2v) is 5.70. The maximum absolute atomic E-state index is 6.29. The number of nitrogens with one attached hydrogen (secondary N) is 1. The van der Waals surface area contributed by atoms with E-state index in [1.807, 2.05) is 36.4 Å². The minimum absolute atomic E-state index is 0.248. The number of hydrogen-bond acceptors (Lipinski definition) is 7. The number of hydrogen-bond donors (Lipinski definition) is 2. The lowest BCUT2D eigenvalue weighted by Gasteiger charge is -2.12. The van der Waals surface area contributed by atoms with Gasteiger partial charge in [-0.2, -0.15) is 5.10 Å². The first kappa shape index (κ1) is 18.5. The van der Waals surface area contributed by atoms with E-state index < -0.39 is 6.04 Å². The predicted octanol–water partition coefficient (Wildman–Crippen LogP) is 2.46. The quantitative estimate of drug-likeness (QED) is 0.627. The molecule has 3 N–H and O–H groups in total.